The van der Waals surface area contributed by atoms with E-state index < -0.39 is 0 Å². The van der Waals surface area contributed by atoms with Crippen LogP contribution in [0.15, 0.2) is 18.3 Å². The highest BCUT2D eigenvalue weighted by atomic mass is 16.5. The first-order valence-electron chi connectivity index (χ1n) is 5.11. The lowest BCUT2D eigenvalue weighted by Crippen LogP contribution is -2.29. The Morgan fingerprint density at radius 2 is 2.38 bits per heavy atom. The number of nitrogen functional groups attached to an aromatic ring is 1. The molecule has 0 bridgehead atoms. The van der Waals surface area contributed by atoms with E-state index in [1.807, 2.05) is 4.90 Å². The van der Waals surface area contributed by atoms with E-state index in [0.29, 0.717) is 31.8 Å². The lowest BCUT2D eigenvalue weighted by Gasteiger charge is -2.23. The summed E-state index contributed by atoms with van der Waals surface area (Å²) in [4.78, 5) is 6.18. The van der Waals surface area contributed by atoms with Crippen molar-refractivity contribution < 1.29 is 4.74 Å². The Labute approximate surface area is 95.4 Å². The maximum atomic E-state index is 8.60. The molecule has 0 spiro atoms. The summed E-state index contributed by atoms with van der Waals surface area (Å²) < 4.78 is 5.02. The minimum atomic E-state index is 0.444. The lowest BCUT2D eigenvalue weighted by atomic mass is 10.3. The number of aromatic nitrogens is 1. The zero-order valence-electron chi connectivity index (χ0n) is 9.39. The molecule has 16 heavy (non-hydrogen) atoms. The Bertz CT molecular complexity index is 361. The van der Waals surface area contributed by atoms with Crippen LogP contribution in [0.4, 0.5) is 11.5 Å². The molecule has 0 aromatic carbocycles. The highest BCUT2D eigenvalue weighted by molar-refractivity contribution is 5.62. The first kappa shape index (κ1) is 12.3. The normalized spacial score (nSPS) is 9.75. The molecule has 5 nitrogen and oxygen atoms in total. The van der Waals surface area contributed by atoms with Crippen molar-refractivity contribution in [2.75, 3.05) is 37.4 Å². The Kier molecular flexibility index (Phi) is 5.09. The van der Waals surface area contributed by atoms with E-state index in [1.165, 1.54) is 0 Å². The van der Waals surface area contributed by atoms with Crippen molar-refractivity contribution in [1.82, 2.24) is 4.98 Å². The van der Waals surface area contributed by atoms with Gasteiger partial charge in [0, 0.05) is 26.4 Å². The van der Waals surface area contributed by atoms with Crippen molar-refractivity contribution in [3.8, 4) is 6.07 Å². The van der Waals surface area contributed by atoms with Crippen LogP contribution < -0.4 is 10.6 Å². The Morgan fingerprint density at radius 3 is 3.00 bits per heavy atom. The smallest absolute Gasteiger partial charge is 0.151 e. The maximum Gasteiger partial charge on any atom is 0.151 e. The zero-order chi connectivity index (χ0) is 11.8. The van der Waals surface area contributed by atoms with Gasteiger partial charge in [-0.1, -0.05) is 0 Å². The van der Waals surface area contributed by atoms with Gasteiger partial charge in [-0.05, 0) is 12.1 Å². The van der Waals surface area contributed by atoms with Gasteiger partial charge in [-0.25, -0.2) is 4.98 Å². The van der Waals surface area contributed by atoms with Gasteiger partial charge in [-0.15, -0.1) is 0 Å². The van der Waals surface area contributed by atoms with Crippen LogP contribution in [0.2, 0.25) is 0 Å². The van der Waals surface area contributed by atoms with Gasteiger partial charge in [-0.2, -0.15) is 5.26 Å². The molecule has 0 aliphatic heterocycles. The van der Waals surface area contributed by atoms with Gasteiger partial charge in [0.05, 0.1) is 24.8 Å². The number of pyridine rings is 1. The summed E-state index contributed by atoms with van der Waals surface area (Å²) in [5.74, 6) is 0.717. The number of methoxy groups -OCH3 is 1. The summed E-state index contributed by atoms with van der Waals surface area (Å²) in [7, 11) is 1.64. The quantitative estimate of drug-likeness (QED) is 0.775. The van der Waals surface area contributed by atoms with Gasteiger partial charge in [-0.3, -0.25) is 0 Å². The van der Waals surface area contributed by atoms with Gasteiger partial charge in [0.2, 0.25) is 0 Å². The Morgan fingerprint density at radius 1 is 1.56 bits per heavy atom. The fourth-order valence-electron chi connectivity index (χ4n) is 1.38. The molecule has 0 fully saturated rings. The summed E-state index contributed by atoms with van der Waals surface area (Å²) >= 11 is 0. The molecule has 0 aliphatic rings. The van der Waals surface area contributed by atoms with Gasteiger partial charge in [0.15, 0.2) is 5.82 Å². The maximum absolute atomic E-state index is 8.60. The summed E-state index contributed by atoms with van der Waals surface area (Å²) in [5.41, 5.74) is 6.46. The van der Waals surface area contributed by atoms with Crippen molar-refractivity contribution in [3.05, 3.63) is 18.3 Å². The molecule has 1 heterocycles. The van der Waals surface area contributed by atoms with Crippen molar-refractivity contribution in [3.63, 3.8) is 0 Å². The minimum absolute atomic E-state index is 0.444. The third kappa shape index (κ3) is 3.41. The van der Waals surface area contributed by atoms with E-state index >= 15 is 0 Å². The van der Waals surface area contributed by atoms with Crippen LogP contribution in [0.1, 0.15) is 6.42 Å². The van der Waals surface area contributed by atoms with Crippen molar-refractivity contribution in [1.29, 1.82) is 5.26 Å². The summed E-state index contributed by atoms with van der Waals surface area (Å²) in [6, 6.07) is 5.70. The third-order valence-corrected chi connectivity index (χ3v) is 2.18. The van der Waals surface area contributed by atoms with E-state index in [2.05, 4.69) is 11.1 Å². The standard InChI is InChI=1S/C11H16N4O/c1-16-9-8-15(7-3-5-12)11-10(13)4-2-6-14-11/h2,4,6H,3,7-9,13H2,1H3. The Balaban J connectivity index is 2.75. The number of nitrogens with two attached hydrogens (primary N) is 1. The SMILES string of the molecule is COCCN(CCC#N)c1ncccc1N. The van der Waals surface area contributed by atoms with E-state index in [1.54, 1.807) is 25.4 Å². The number of hydrogen-bond acceptors (Lipinski definition) is 5. The molecule has 0 aliphatic carbocycles. The molecule has 0 atom stereocenters. The average molecular weight is 220 g/mol. The van der Waals surface area contributed by atoms with Crippen LogP contribution in [-0.2, 0) is 4.74 Å². The largest absolute Gasteiger partial charge is 0.396 e. The number of nitriles is 1. The fraction of sp³-hybridized carbons (Fsp3) is 0.455. The molecule has 0 saturated carbocycles. The van der Waals surface area contributed by atoms with Crippen LogP contribution in [-0.4, -0.2) is 31.8 Å². The predicted molar refractivity (Wildman–Crippen MR) is 63.0 cm³/mol. The number of anilines is 2. The average Bonchev–Trinajstić information content (AvgIpc) is 2.31. The molecule has 1 rings (SSSR count). The van der Waals surface area contributed by atoms with E-state index in [0.717, 1.165) is 5.82 Å². The van der Waals surface area contributed by atoms with Gasteiger partial charge in [0.1, 0.15) is 0 Å². The zero-order valence-corrected chi connectivity index (χ0v) is 9.39. The number of nitrogens with zero attached hydrogens (tertiary/aromatic N) is 3. The third-order valence-electron chi connectivity index (χ3n) is 2.18. The number of ether oxygens (including phenoxy) is 1. The van der Waals surface area contributed by atoms with Crippen LogP contribution in [0.5, 0.6) is 0 Å². The number of rotatable bonds is 6. The molecule has 5 heteroatoms. The molecule has 0 amide bonds. The second kappa shape index (κ2) is 6.64. The van der Waals surface area contributed by atoms with Gasteiger partial charge in [0.25, 0.3) is 0 Å². The highest BCUT2D eigenvalue weighted by Gasteiger charge is 2.09. The van der Waals surface area contributed by atoms with Gasteiger partial charge < -0.3 is 15.4 Å². The van der Waals surface area contributed by atoms with Crippen LogP contribution in [0.3, 0.4) is 0 Å². The van der Waals surface area contributed by atoms with Crippen LogP contribution >= 0.6 is 0 Å². The molecule has 1 aromatic heterocycles. The molecule has 2 N–H and O–H groups in total. The van der Waals surface area contributed by atoms with Crippen molar-refractivity contribution >= 4 is 11.5 Å². The fourth-order valence-corrected chi connectivity index (χ4v) is 1.38. The Hall–Kier alpha value is -1.80. The predicted octanol–water partition coefficient (Wildman–Crippen LogP) is 1.03. The molecule has 0 radical (unpaired) electrons. The highest BCUT2D eigenvalue weighted by Crippen LogP contribution is 2.18. The van der Waals surface area contributed by atoms with Gasteiger partial charge >= 0.3 is 0 Å². The van der Waals surface area contributed by atoms with Crippen LogP contribution in [0.25, 0.3) is 0 Å². The molecule has 1 aromatic rings. The first-order chi connectivity index (χ1) is 7.79. The summed E-state index contributed by atoms with van der Waals surface area (Å²) in [6.45, 7) is 1.88. The second-order valence-electron chi connectivity index (χ2n) is 3.30. The van der Waals surface area contributed by atoms with E-state index in [9.17, 15) is 0 Å². The molecule has 0 saturated heterocycles. The molecule has 86 valence electrons. The van der Waals surface area contributed by atoms with E-state index in [-0.39, 0.29) is 0 Å². The monoisotopic (exact) mass is 220 g/mol. The van der Waals surface area contributed by atoms with Crippen molar-refractivity contribution in [2.24, 2.45) is 0 Å². The summed E-state index contributed by atoms with van der Waals surface area (Å²) in [5, 5.41) is 8.60. The summed E-state index contributed by atoms with van der Waals surface area (Å²) in [6.07, 6.45) is 2.14. The topological polar surface area (TPSA) is 75.2 Å². The van der Waals surface area contributed by atoms with Crippen LogP contribution in [0, 0.1) is 11.3 Å². The molecule has 0 unspecified atom stereocenters. The molecular weight excluding hydrogens is 204 g/mol. The number of hydrogen-bond donors (Lipinski definition) is 1. The minimum Gasteiger partial charge on any atom is -0.396 e. The molecular formula is C11H16N4O. The lowest BCUT2D eigenvalue weighted by molar-refractivity contribution is 0.205. The van der Waals surface area contributed by atoms with Crippen molar-refractivity contribution in [2.45, 2.75) is 6.42 Å². The second-order valence-corrected chi connectivity index (χ2v) is 3.30. The first-order valence-corrected chi connectivity index (χ1v) is 5.11. The van der Waals surface area contributed by atoms with E-state index in [4.69, 9.17) is 15.7 Å².